The molecule has 0 unspecified atom stereocenters. The van der Waals surface area contributed by atoms with E-state index in [1.54, 1.807) is 0 Å². The number of allylic oxidation sites excluding steroid dienone is 1. The van der Waals surface area contributed by atoms with Gasteiger partial charge in [0.15, 0.2) is 0 Å². The van der Waals surface area contributed by atoms with E-state index in [0.29, 0.717) is 6.08 Å². The van der Waals surface area contributed by atoms with E-state index in [1.165, 1.54) is 7.11 Å². The summed E-state index contributed by atoms with van der Waals surface area (Å²) < 4.78 is 26.8. The molecule has 0 aromatic heterocycles. The minimum atomic E-state index is -2.93. The van der Waals surface area contributed by atoms with Crippen molar-refractivity contribution in [3.05, 3.63) is 12.3 Å². The van der Waals surface area contributed by atoms with Gasteiger partial charge in [-0.3, -0.25) is 4.79 Å². The van der Waals surface area contributed by atoms with Gasteiger partial charge in [0.1, 0.15) is 0 Å². The molecule has 0 aromatic rings. The van der Waals surface area contributed by atoms with E-state index in [1.807, 2.05) is 0 Å². The summed E-state index contributed by atoms with van der Waals surface area (Å²) in [5.41, 5.74) is 0. The minimum Gasteiger partial charge on any atom is -0.504 e. The Balaban J connectivity index is 3.63. The Labute approximate surface area is 51.1 Å². The van der Waals surface area contributed by atoms with Crippen LogP contribution in [0, 0.1) is 0 Å². The summed E-state index contributed by atoms with van der Waals surface area (Å²) in [5.74, 6) is -1.24. The van der Waals surface area contributed by atoms with Crippen molar-refractivity contribution in [1.29, 1.82) is 0 Å². The molecule has 0 heterocycles. The van der Waals surface area contributed by atoms with Gasteiger partial charge in [0.2, 0.25) is 5.78 Å². The summed E-state index contributed by atoms with van der Waals surface area (Å²) in [5, 5.41) is 0. The number of carbonyl (C=O) groups excluding carboxylic acids is 1. The summed E-state index contributed by atoms with van der Waals surface area (Å²) >= 11 is 0. The second-order valence-corrected chi connectivity index (χ2v) is 1.24. The third-order valence-corrected chi connectivity index (χ3v) is 0.583. The van der Waals surface area contributed by atoms with Crippen molar-refractivity contribution in [3.63, 3.8) is 0 Å². The van der Waals surface area contributed by atoms with Crippen LogP contribution in [0.2, 0.25) is 0 Å². The number of alkyl halides is 2. The first-order valence-electron chi connectivity index (χ1n) is 2.20. The molecule has 2 nitrogen and oxygen atoms in total. The molecule has 0 atom stereocenters. The third kappa shape index (κ3) is 3.64. The van der Waals surface area contributed by atoms with Crippen LogP contribution in [0.15, 0.2) is 12.3 Å². The van der Waals surface area contributed by atoms with Crippen LogP contribution in [0.1, 0.15) is 0 Å². The van der Waals surface area contributed by atoms with Crippen molar-refractivity contribution in [1.82, 2.24) is 0 Å². The second kappa shape index (κ2) is 4.00. The maximum Gasteiger partial charge on any atom is 0.300 e. The predicted molar refractivity (Wildman–Crippen MR) is 27.2 cm³/mol. The number of carbonyl (C=O) groups is 1. The molecule has 0 N–H and O–H groups in total. The zero-order valence-corrected chi connectivity index (χ0v) is 4.80. The molecular formula is C5H6F2O2. The number of ketones is 1. The topological polar surface area (TPSA) is 26.3 Å². The van der Waals surface area contributed by atoms with Gasteiger partial charge in [0.25, 0.3) is 6.43 Å². The fourth-order valence-electron chi connectivity index (χ4n) is 0.208. The van der Waals surface area contributed by atoms with Crippen LogP contribution in [0.25, 0.3) is 0 Å². The Hall–Kier alpha value is -0.930. The first-order chi connectivity index (χ1) is 4.18. The first kappa shape index (κ1) is 8.07. The van der Waals surface area contributed by atoms with Crippen LogP contribution in [0.5, 0.6) is 0 Å². The zero-order chi connectivity index (χ0) is 7.28. The van der Waals surface area contributed by atoms with Gasteiger partial charge < -0.3 is 4.74 Å². The lowest BCUT2D eigenvalue weighted by molar-refractivity contribution is -0.124. The average molecular weight is 136 g/mol. The molecular weight excluding hydrogens is 130 g/mol. The fraction of sp³-hybridized carbons (Fsp3) is 0.400. The van der Waals surface area contributed by atoms with Gasteiger partial charge in [-0.15, -0.1) is 0 Å². The van der Waals surface area contributed by atoms with Crippen LogP contribution in [0.3, 0.4) is 0 Å². The Bertz CT molecular complexity index is 120. The lowest BCUT2D eigenvalue weighted by Gasteiger charge is -1.88. The van der Waals surface area contributed by atoms with Crippen molar-refractivity contribution in [2.45, 2.75) is 6.43 Å². The first-order valence-corrected chi connectivity index (χ1v) is 2.20. The highest BCUT2D eigenvalue weighted by Gasteiger charge is 2.10. The zero-order valence-electron chi connectivity index (χ0n) is 4.80. The highest BCUT2D eigenvalue weighted by atomic mass is 19.3. The van der Waals surface area contributed by atoms with E-state index in [4.69, 9.17) is 0 Å². The van der Waals surface area contributed by atoms with Gasteiger partial charge in [0.05, 0.1) is 13.4 Å². The Kier molecular flexibility index (Phi) is 3.59. The summed E-state index contributed by atoms with van der Waals surface area (Å²) in [7, 11) is 1.27. The number of hydrogen-bond donors (Lipinski definition) is 0. The minimum absolute atomic E-state index is 0.685. The maximum atomic E-state index is 11.3. The Morgan fingerprint density at radius 2 is 2.22 bits per heavy atom. The predicted octanol–water partition coefficient (Wildman–Crippen LogP) is 0.981. The molecule has 0 aliphatic rings. The van der Waals surface area contributed by atoms with Gasteiger partial charge in [0, 0.05) is 6.08 Å². The van der Waals surface area contributed by atoms with Gasteiger partial charge in [-0.25, -0.2) is 8.78 Å². The second-order valence-electron chi connectivity index (χ2n) is 1.24. The number of hydrogen-bond acceptors (Lipinski definition) is 2. The van der Waals surface area contributed by atoms with E-state index in [2.05, 4.69) is 4.74 Å². The van der Waals surface area contributed by atoms with Crippen molar-refractivity contribution in [2.24, 2.45) is 0 Å². The van der Waals surface area contributed by atoms with E-state index < -0.39 is 12.2 Å². The SMILES string of the molecule is CO/C=C/C(=O)C(F)F. The van der Waals surface area contributed by atoms with Crippen LogP contribution in [-0.4, -0.2) is 19.3 Å². The molecule has 0 amide bonds. The van der Waals surface area contributed by atoms with Crippen molar-refractivity contribution < 1.29 is 18.3 Å². The summed E-state index contributed by atoms with van der Waals surface area (Å²) in [6, 6.07) is 0. The smallest absolute Gasteiger partial charge is 0.300 e. The molecule has 0 saturated heterocycles. The largest absolute Gasteiger partial charge is 0.504 e. The summed E-state index contributed by atoms with van der Waals surface area (Å²) in [4.78, 5) is 9.98. The van der Waals surface area contributed by atoms with Gasteiger partial charge in [-0.05, 0) is 0 Å². The molecule has 0 saturated carbocycles. The maximum absolute atomic E-state index is 11.3. The lowest BCUT2D eigenvalue weighted by atomic mass is 10.4. The molecule has 9 heavy (non-hydrogen) atoms. The molecule has 0 spiro atoms. The molecule has 0 aliphatic heterocycles. The van der Waals surface area contributed by atoms with Gasteiger partial charge in [-0.2, -0.15) is 0 Å². The van der Waals surface area contributed by atoms with E-state index >= 15 is 0 Å². The summed E-state index contributed by atoms with van der Waals surface area (Å²) in [6.07, 6.45) is -1.34. The molecule has 0 aliphatic carbocycles. The number of ether oxygens (including phenoxy) is 1. The van der Waals surface area contributed by atoms with E-state index in [0.717, 1.165) is 6.26 Å². The van der Waals surface area contributed by atoms with E-state index in [-0.39, 0.29) is 0 Å². The molecule has 0 radical (unpaired) electrons. The van der Waals surface area contributed by atoms with Crippen LogP contribution >= 0.6 is 0 Å². The normalized spacial score (nSPS) is 10.7. The van der Waals surface area contributed by atoms with Crippen molar-refractivity contribution >= 4 is 5.78 Å². The number of methoxy groups -OCH3 is 1. The molecule has 0 fully saturated rings. The van der Waals surface area contributed by atoms with Gasteiger partial charge >= 0.3 is 0 Å². The molecule has 4 heteroatoms. The highest BCUT2D eigenvalue weighted by molar-refractivity contribution is 5.91. The summed E-state index contributed by atoms with van der Waals surface area (Å²) in [6.45, 7) is 0. The Morgan fingerprint density at radius 1 is 1.67 bits per heavy atom. The highest BCUT2D eigenvalue weighted by Crippen LogP contribution is 1.94. The molecule has 0 rings (SSSR count). The lowest BCUT2D eigenvalue weighted by Crippen LogP contribution is -2.05. The monoisotopic (exact) mass is 136 g/mol. The molecule has 0 aromatic carbocycles. The fourth-order valence-corrected chi connectivity index (χ4v) is 0.208. The number of rotatable bonds is 3. The van der Waals surface area contributed by atoms with Crippen LogP contribution in [0.4, 0.5) is 8.78 Å². The Morgan fingerprint density at radius 3 is 2.56 bits per heavy atom. The van der Waals surface area contributed by atoms with Crippen molar-refractivity contribution in [3.8, 4) is 0 Å². The third-order valence-electron chi connectivity index (χ3n) is 0.583. The molecule has 0 bridgehead atoms. The quantitative estimate of drug-likeness (QED) is 0.427. The standard InChI is InChI=1S/C5H6F2O2/c1-9-3-2-4(8)5(6)7/h2-3,5H,1H3/b3-2+. The average Bonchev–Trinajstić information content (AvgIpc) is 1.82. The molecule has 52 valence electrons. The van der Waals surface area contributed by atoms with Gasteiger partial charge in [-0.1, -0.05) is 0 Å². The van der Waals surface area contributed by atoms with Crippen molar-refractivity contribution in [2.75, 3.05) is 7.11 Å². The van der Waals surface area contributed by atoms with Crippen LogP contribution in [-0.2, 0) is 9.53 Å². The number of halogens is 2. The van der Waals surface area contributed by atoms with E-state index in [9.17, 15) is 13.6 Å². The van der Waals surface area contributed by atoms with Crippen LogP contribution < -0.4 is 0 Å².